The topological polar surface area (TPSA) is 59.1 Å². The van der Waals surface area contributed by atoms with Crippen LogP contribution in [0.15, 0.2) is 48.5 Å². The second kappa shape index (κ2) is 8.73. The highest BCUT2D eigenvalue weighted by atomic mass is 35.5. The van der Waals surface area contributed by atoms with E-state index in [1.165, 1.54) is 0 Å². The molecule has 0 saturated heterocycles. The summed E-state index contributed by atoms with van der Waals surface area (Å²) in [5, 5.41) is 7.30. The van der Waals surface area contributed by atoms with Crippen molar-refractivity contribution in [2.24, 2.45) is 0 Å². The van der Waals surface area contributed by atoms with Gasteiger partial charge in [0.15, 0.2) is 0 Å². The average molecular weight is 383 g/mol. The van der Waals surface area contributed by atoms with Crippen molar-refractivity contribution < 1.29 is 4.74 Å². The maximum atomic E-state index is 6.20. The lowest BCUT2D eigenvalue weighted by atomic mass is 10.1. The summed E-state index contributed by atoms with van der Waals surface area (Å²) in [5.74, 6) is 2.20. The molecule has 3 aromatic rings. The van der Waals surface area contributed by atoms with Crippen molar-refractivity contribution in [1.82, 2.24) is 9.97 Å². The molecule has 0 saturated carbocycles. The molecule has 0 aliphatic rings. The number of para-hydroxylation sites is 1. The Morgan fingerprint density at radius 3 is 2.63 bits per heavy atom. The van der Waals surface area contributed by atoms with Crippen molar-refractivity contribution in [3.63, 3.8) is 0 Å². The number of nitrogens with zero attached hydrogens (tertiary/aromatic N) is 2. The van der Waals surface area contributed by atoms with Gasteiger partial charge in [0.1, 0.15) is 11.6 Å². The Morgan fingerprint density at radius 2 is 1.85 bits per heavy atom. The van der Waals surface area contributed by atoms with Gasteiger partial charge >= 0.3 is 0 Å². The summed E-state index contributed by atoms with van der Waals surface area (Å²) in [6, 6.07) is 15.8. The highest BCUT2D eigenvalue weighted by molar-refractivity contribution is 6.31. The van der Waals surface area contributed by atoms with Crippen molar-refractivity contribution in [3.8, 4) is 5.75 Å². The summed E-state index contributed by atoms with van der Waals surface area (Å²) in [7, 11) is 1.69. The molecular weight excluding hydrogens is 360 g/mol. The van der Waals surface area contributed by atoms with Crippen molar-refractivity contribution in [2.75, 3.05) is 24.3 Å². The van der Waals surface area contributed by atoms with Crippen molar-refractivity contribution in [2.45, 2.75) is 20.3 Å². The smallest absolute Gasteiger partial charge is 0.224 e. The molecule has 0 aliphatic heterocycles. The number of nitrogens with one attached hydrogen (secondary N) is 2. The number of ether oxygens (including phenoxy) is 1. The van der Waals surface area contributed by atoms with Gasteiger partial charge in [0, 0.05) is 29.0 Å². The molecule has 5 nitrogen and oxygen atoms in total. The van der Waals surface area contributed by atoms with Gasteiger partial charge in [-0.15, -0.1) is 0 Å². The van der Waals surface area contributed by atoms with Gasteiger partial charge in [-0.3, -0.25) is 0 Å². The molecule has 1 heterocycles. The number of halogens is 1. The first-order valence-electron chi connectivity index (χ1n) is 8.80. The Kier molecular flexibility index (Phi) is 6.14. The first-order chi connectivity index (χ1) is 13.0. The molecule has 0 unspecified atom stereocenters. The molecule has 1 aromatic heterocycles. The van der Waals surface area contributed by atoms with Crippen LogP contribution in [0.25, 0.3) is 0 Å². The molecule has 0 atom stereocenters. The molecule has 6 heteroatoms. The maximum Gasteiger partial charge on any atom is 0.224 e. The molecule has 0 radical (unpaired) electrons. The van der Waals surface area contributed by atoms with Gasteiger partial charge in [-0.2, -0.15) is 4.98 Å². The number of hydrogen-bond acceptors (Lipinski definition) is 5. The molecule has 0 spiro atoms. The molecule has 0 fully saturated rings. The van der Waals surface area contributed by atoms with Crippen molar-refractivity contribution >= 4 is 29.1 Å². The van der Waals surface area contributed by atoms with E-state index in [9.17, 15) is 0 Å². The van der Waals surface area contributed by atoms with Crippen LogP contribution in [0.5, 0.6) is 5.75 Å². The Hall–Kier alpha value is -2.79. The zero-order valence-electron chi connectivity index (χ0n) is 15.7. The fourth-order valence-corrected chi connectivity index (χ4v) is 2.93. The van der Waals surface area contributed by atoms with Crippen LogP contribution in [0, 0.1) is 13.8 Å². The van der Waals surface area contributed by atoms with E-state index in [2.05, 4.69) is 26.7 Å². The van der Waals surface area contributed by atoms with E-state index >= 15 is 0 Å². The maximum absolute atomic E-state index is 6.20. The number of methoxy groups -OCH3 is 1. The zero-order chi connectivity index (χ0) is 19.2. The van der Waals surface area contributed by atoms with Crippen LogP contribution in [-0.4, -0.2) is 23.6 Å². The molecule has 0 bridgehead atoms. The predicted octanol–water partition coefficient (Wildman–Crippen LogP) is 5.15. The average Bonchev–Trinajstić information content (AvgIpc) is 2.65. The van der Waals surface area contributed by atoms with E-state index < -0.39 is 0 Å². The molecule has 27 heavy (non-hydrogen) atoms. The standard InChI is InChI=1S/C21H23ClN4O/c1-14-8-9-17(13-18(14)22)25-20-12-15(2)24-21(26-20)23-11-10-16-6-4-5-7-19(16)27-3/h4-9,12-13H,10-11H2,1-3H3,(H2,23,24,25,26). The minimum Gasteiger partial charge on any atom is -0.496 e. The third-order valence-corrected chi connectivity index (χ3v) is 4.58. The summed E-state index contributed by atoms with van der Waals surface area (Å²) in [5.41, 5.74) is 3.96. The molecule has 140 valence electrons. The lowest BCUT2D eigenvalue weighted by Gasteiger charge is -2.12. The fourth-order valence-electron chi connectivity index (χ4n) is 2.75. The third-order valence-electron chi connectivity index (χ3n) is 4.17. The SMILES string of the molecule is COc1ccccc1CCNc1nc(C)cc(Nc2ccc(C)c(Cl)c2)n1. The number of rotatable bonds is 7. The minimum atomic E-state index is 0.589. The van der Waals surface area contributed by atoms with Gasteiger partial charge in [-0.05, 0) is 49.6 Å². The van der Waals surface area contributed by atoms with E-state index in [-0.39, 0.29) is 0 Å². The first kappa shape index (κ1) is 19.0. The Labute approximate surface area is 164 Å². The number of benzene rings is 2. The van der Waals surface area contributed by atoms with Crippen LogP contribution >= 0.6 is 11.6 Å². The van der Waals surface area contributed by atoms with Crippen LogP contribution in [0.1, 0.15) is 16.8 Å². The molecule has 2 aromatic carbocycles. The third kappa shape index (κ3) is 5.11. The van der Waals surface area contributed by atoms with Gasteiger partial charge in [0.25, 0.3) is 0 Å². The fraction of sp³-hybridized carbons (Fsp3) is 0.238. The van der Waals surface area contributed by atoms with Crippen LogP contribution in [0.4, 0.5) is 17.5 Å². The van der Waals surface area contributed by atoms with E-state index in [4.69, 9.17) is 16.3 Å². The van der Waals surface area contributed by atoms with Crippen LogP contribution in [-0.2, 0) is 6.42 Å². The van der Waals surface area contributed by atoms with E-state index in [1.807, 2.05) is 56.3 Å². The van der Waals surface area contributed by atoms with Crippen LogP contribution in [0.2, 0.25) is 5.02 Å². The number of aryl methyl sites for hydroxylation is 2. The highest BCUT2D eigenvalue weighted by Crippen LogP contribution is 2.23. The summed E-state index contributed by atoms with van der Waals surface area (Å²) >= 11 is 6.20. The largest absolute Gasteiger partial charge is 0.496 e. The van der Waals surface area contributed by atoms with Gasteiger partial charge in [-0.1, -0.05) is 35.9 Å². The predicted molar refractivity (Wildman–Crippen MR) is 111 cm³/mol. The highest BCUT2D eigenvalue weighted by Gasteiger charge is 2.06. The molecule has 0 amide bonds. The number of anilines is 3. The second-order valence-electron chi connectivity index (χ2n) is 6.30. The Balaban J connectivity index is 1.67. The molecular formula is C21H23ClN4O. The summed E-state index contributed by atoms with van der Waals surface area (Å²) in [4.78, 5) is 9.01. The van der Waals surface area contributed by atoms with Crippen LogP contribution in [0.3, 0.4) is 0 Å². The minimum absolute atomic E-state index is 0.589. The quantitative estimate of drug-likeness (QED) is 0.591. The van der Waals surface area contributed by atoms with Crippen molar-refractivity contribution in [3.05, 3.63) is 70.4 Å². The van der Waals surface area contributed by atoms with E-state index in [0.717, 1.165) is 45.5 Å². The van der Waals surface area contributed by atoms with Gasteiger partial charge < -0.3 is 15.4 Å². The lowest BCUT2D eigenvalue weighted by molar-refractivity contribution is 0.410. The van der Waals surface area contributed by atoms with E-state index in [0.29, 0.717) is 12.5 Å². The normalized spacial score (nSPS) is 10.5. The van der Waals surface area contributed by atoms with Gasteiger partial charge in [-0.25, -0.2) is 4.98 Å². The Morgan fingerprint density at radius 1 is 1.04 bits per heavy atom. The van der Waals surface area contributed by atoms with Crippen LogP contribution < -0.4 is 15.4 Å². The number of aromatic nitrogens is 2. The summed E-state index contributed by atoms with van der Waals surface area (Å²) < 4.78 is 5.39. The molecule has 2 N–H and O–H groups in total. The lowest BCUT2D eigenvalue weighted by Crippen LogP contribution is -2.10. The first-order valence-corrected chi connectivity index (χ1v) is 9.17. The monoisotopic (exact) mass is 382 g/mol. The zero-order valence-corrected chi connectivity index (χ0v) is 16.5. The van der Waals surface area contributed by atoms with Crippen molar-refractivity contribution in [1.29, 1.82) is 0 Å². The summed E-state index contributed by atoms with van der Waals surface area (Å²) in [6.07, 6.45) is 0.817. The number of hydrogen-bond donors (Lipinski definition) is 2. The summed E-state index contributed by atoms with van der Waals surface area (Å²) in [6.45, 7) is 4.63. The molecule has 3 rings (SSSR count). The molecule has 0 aliphatic carbocycles. The Bertz CT molecular complexity index is 930. The second-order valence-corrected chi connectivity index (χ2v) is 6.70. The van der Waals surface area contributed by atoms with Gasteiger partial charge in [0.05, 0.1) is 7.11 Å². The van der Waals surface area contributed by atoms with Gasteiger partial charge in [0.2, 0.25) is 5.95 Å². The van der Waals surface area contributed by atoms with E-state index in [1.54, 1.807) is 7.11 Å².